The zero-order valence-corrected chi connectivity index (χ0v) is 22.6. The molecule has 0 saturated carbocycles. The number of carbonyl (C=O) groups excluding carboxylic acids is 2. The van der Waals surface area contributed by atoms with E-state index in [1.807, 2.05) is 59.5 Å². The number of rotatable bonds is 8. The van der Waals surface area contributed by atoms with Gasteiger partial charge >= 0.3 is 12.1 Å². The second-order valence-corrected chi connectivity index (χ2v) is 11.0. The number of aliphatic carboxylic acids is 1. The second kappa shape index (κ2) is 11.3. The van der Waals surface area contributed by atoms with E-state index in [1.165, 1.54) is 0 Å². The van der Waals surface area contributed by atoms with E-state index in [-0.39, 0.29) is 32.1 Å². The quantitative estimate of drug-likeness (QED) is 0.389. The van der Waals surface area contributed by atoms with E-state index >= 15 is 0 Å². The van der Waals surface area contributed by atoms with E-state index in [0.29, 0.717) is 19.5 Å². The lowest BCUT2D eigenvalue weighted by atomic mass is 9.97. The molecule has 2 fully saturated rings. The van der Waals surface area contributed by atoms with Gasteiger partial charge in [-0.1, -0.05) is 78.9 Å². The molecule has 9 nitrogen and oxygen atoms in total. The number of carbonyl (C=O) groups is 3. The van der Waals surface area contributed by atoms with E-state index < -0.39 is 35.7 Å². The van der Waals surface area contributed by atoms with Crippen molar-refractivity contribution in [3.05, 3.63) is 95.6 Å². The van der Waals surface area contributed by atoms with Crippen molar-refractivity contribution in [2.75, 3.05) is 26.3 Å². The highest BCUT2D eigenvalue weighted by Gasteiger charge is 2.48. The van der Waals surface area contributed by atoms with Crippen LogP contribution in [0.4, 0.5) is 4.79 Å². The van der Waals surface area contributed by atoms with Crippen LogP contribution < -0.4 is 10.6 Å². The van der Waals surface area contributed by atoms with Crippen LogP contribution in [0.1, 0.15) is 35.4 Å². The van der Waals surface area contributed by atoms with Gasteiger partial charge in [0.15, 0.2) is 11.6 Å². The third-order valence-electron chi connectivity index (χ3n) is 8.37. The third kappa shape index (κ3) is 5.42. The maximum Gasteiger partial charge on any atom is 0.407 e. The highest BCUT2D eigenvalue weighted by molar-refractivity contribution is 5.90. The Hall–Kier alpha value is -4.21. The zero-order chi connectivity index (χ0) is 28.4. The molecule has 2 aliphatic heterocycles. The van der Waals surface area contributed by atoms with Crippen LogP contribution in [0.3, 0.4) is 0 Å². The minimum Gasteiger partial charge on any atom is -0.479 e. The average Bonchev–Trinajstić information content (AvgIpc) is 3.69. The number of nitrogens with one attached hydrogen (secondary N) is 2. The Bertz CT molecular complexity index is 1400. The predicted molar refractivity (Wildman–Crippen MR) is 151 cm³/mol. The van der Waals surface area contributed by atoms with Crippen molar-refractivity contribution in [3.8, 4) is 11.1 Å². The number of benzene rings is 3. The number of likely N-dealkylation sites (tertiary alicyclic amines) is 1. The molecule has 3 aliphatic rings. The zero-order valence-electron chi connectivity index (χ0n) is 22.6. The molecule has 9 heteroatoms. The summed E-state index contributed by atoms with van der Waals surface area (Å²) in [7, 11) is 0. The number of nitrogens with zero attached hydrogens (tertiary/aromatic N) is 1. The standard InChI is InChI=1S/C32H33N3O6/c36-29(34-32(30(37)38)15-16-35(20-32)18-21-8-2-1-3-9-21)28-27(14-17-40-28)33-31(39)41-19-26-24-12-6-4-10-22(24)23-11-5-7-13-25(23)26/h1-13,26-28H,14-20H2,(H,33,39)(H,34,36)(H,37,38). The topological polar surface area (TPSA) is 117 Å². The van der Waals surface area contributed by atoms with Gasteiger partial charge in [0.1, 0.15) is 6.61 Å². The van der Waals surface area contributed by atoms with Crippen molar-refractivity contribution in [2.45, 2.75) is 43.0 Å². The van der Waals surface area contributed by atoms with Gasteiger partial charge in [-0.05, 0) is 40.7 Å². The molecule has 0 radical (unpaired) electrons. The van der Waals surface area contributed by atoms with Gasteiger partial charge in [0.25, 0.3) is 5.91 Å². The van der Waals surface area contributed by atoms with Gasteiger partial charge in [0.05, 0.1) is 6.04 Å². The van der Waals surface area contributed by atoms with E-state index in [2.05, 4.69) is 34.9 Å². The molecule has 6 rings (SSSR count). The summed E-state index contributed by atoms with van der Waals surface area (Å²) in [5, 5.41) is 15.6. The van der Waals surface area contributed by atoms with Crippen molar-refractivity contribution in [1.82, 2.24) is 15.5 Å². The number of carboxylic acid groups (broad SMARTS) is 1. The van der Waals surface area contributed by atoms with Crippen LogP contribution in [-0.4, -0.2) is 72.0 Å². The van der Waals surface area contributed by atoms with Crippen LogP contribution in [0, 0.1) is 0 Å². The van der Waals surface area contributed by atoms with E-state index in [9.17, 15) is 19.5 Å². The molecule has 2 saturated heterocycles. The lowest BCUT2D eigenvalue weighted by Crippen LogP contribution is -2.60. The molecule has 3 aromatic carbocycles. The first-order chi connectivity index (χ1) is 19.9. The smallest absolute Gasteiger partial charge is 0.407 e. The Morgan fingerprint density at radius 2 is 1.61 bits per heavy atom. The second-order valence-electron chi connectivity index (χ2n) is 11.0. The normalized spacial score (nSPS) is 23.5. The highest BCUT2D eigenvalue weighted by atomic mass is 16.6. The molecule has 2 amide bonds. The summed E-state index contributed by atoms with van der Waals surface area (Å²) < 4.78 is 11.3. The molecule has 2 heterocycles. The summed E-state index contributed by atoms with van der Waals surface area (Å²) in [6.07, 6.45) is -0.946. The summed E-state index contributed by atoms with van der Waals surface area (Å²) in [6, 6.07) is 25.4. The van der Waals surface area contributed by atoms with Crippen LogP contribution >= 0.6 is 0 Å². The van der Waals surface area contributed by atoms with E-state index in [0.717, 1.165) is 27.8 Å². The van der Waals surface area contributed by atoms with Gasteiger partial charge in [-0.25, -0.2) is 9.59 Å². The van der Waals surface area contributed by atoms with Gasteiger partial charge in [-0.3, -0.25) is 9.69 Å². The Labute approximate surface area is 238 Å². The van der Waals surface area contributed by atoms with Gasteiger partial charge in [-0.15, -0.1) is 0 Å². The maximum absolute atomic E-state index is 13.3. The first kappa shape index (κ1) is 27.0. The summed E-state index contributed by atoms with van der Waals surface area (Å²) >= 11 is 0. The highest BCUT2D eigenvalue weighted by Crippen LogP contribution is 2.44. The van der Waals surface area contributed by atoms with Gasteiger partial charge in [-0.2, -0.15) is 0 Å². The Kier molecular flexibility index (Phi) is 7.47. The fraction of sp³-hybridized carbons (Fsp3) is 0.344. The Balaban J connectivity index is 1.06. The largest absolute Gasteiger partial charge is 0.479 e. The number of hydrogen-bond acceptors (Lipinski definition) is 6. The number of fused-ring (bicyclic) bond motifs is 3. The van der Waals surface area contributed by atoms with E-state index in [4.69, 9.17) is 9.47 Å². The summed E-state index contributed by atoms with van der Waals surface area (Å²) in [5.41, 5.74) is 4.15. The van der Waals surface area contributed by atoms with Crippen LogP contribution in [0.2, 0.25) is 0 Å². The van der Waals surface area contributed by atoms with Crippen LogP contribution in [0.5, 0.6) is 0 Å². The van der Waals surface area contributed by atoms with Crippen molar-refractivity contribution in [2.24, 2.45) is 0 Å². The van der Waals surface area contributed by atoms with Gasteiger partial charge in [0, 0.05) is 32.2 Å². The summed E-state index contributed by atoms with van der Waals surface area (Å²) in [4.78, 5) is 40.5. The lowest BCUT2D eigenvalue weighted by Gasteiger charge is -2.29. The fourth-order valence-electron chi connectivity index (χ4n) is 6.29. The molecule has 212 valence electrons. The minimum absolute atomic E-state index is 0.0799. The molecule has 3 aromatic rings. The van der Waals surface area contributed by atoms with E-state index in [1.54, 1.807) is 0 Å². The average molecular weight is 556 g/mol. The molecule has 0 bridgehead atoms. The van der Waals surface area contributed by atoms with Gasteiger partial charge < -0.3 is 25.2 Å². The molecular formula is C32H33N3O6. The van der Waals surface area contributed by atoms with Crippen LogP contribution in [0.25, 0.3) is 11.1 Å². The third-order valence-corrected chi connectivity index (χ3v) is 8.37. The van der Waals surface area contributed by atoms with Crippen molar-refractivity contribution >= 4 is 18.0 Å². The first-order valence-corrected chi connectivity index (χ1v) is 14.0. The predicted octanol–water partition coefficient (Wildman–Crippen LogP) is 3.53. The van der Waals surface area contributed by atoms with Crippen LogP contribution in [0.15, 0.2) is 78.9 Å². The Morgan fingerprint density at radius 1 is 0.951 bits per heavy atom. The Morgan fingerprint density at radius 3 is 2.29 bits per heavy atom. The molecule has 0 spiro atoms. The number of carboxylic acids is 1. The first-order valence-electron chi connectivity index (χ1n) is 14.0. The molecule has 0 aromatic heterocycles. The lowest BCUT2D eigenvalue weighted by molar-refractivity contribution is -0.149. The van der Waals surface area contributed by atoms with Crippen molar-refractivity contribution in [3.63, 3.8) is 0 Å². The van der Waals surface area contributed by atoms with Crippen molar-refractivity contribution < 1.29 is 29.0 Å². The molecule has 3 atom stereocenters. The number of hydrogen-bond donors (Lipinski definition) is 3. The number of alkyl carbamates (subject to hydrolysis) is 1. The minimum atomic E-state index is -1.42. The maximum atomic E-state index is 13.3. The molecule has 3 N–H and O–H groups in total. The monoisotopic (exact) mass is 555 g/mol. The van der Waals surface area contributed by atoms with Crippen LogP contribution in [-0.2, 0) is 25.6 Å². The summed E-state index contributed by atoms with van der Waals surface area (Å²) in [6.45, 7) is 1.74. The molecular weight excluding hydrogens is 522 g/mol. The molecule has 3 unspecified atom stereocenters. The fourth-order valence-corrected chi connectivity index (χ4v) is 6.29. The number of ether oxygens (including phenoxy) is 2. The molecule has 41 heavy (non-hydrogen) atoms. The summed E-state index contributed by atoms with van der Waals surface area (Å²) in [5.74, 6) is -1.71. The van der Waals surface area contributed by atoms with Gasteiger partial charge in [0.2, 0.25) is 0 Å². The number of amides is 2. The molecule has 1 aliphatic carbocycles. The SMILES string of the molecule is O=C(NC1CCOC1C(=O)NC1(C(=O)O)CCN(Cc2ccccc2)C1)OCC1c2ccccc2-c2ccccc21. The van der Waals surface area contributed by atoms with Crippen molar-refractivity contribution in [1.29, 1.82) is 0 Å².